The van der Waals surface area contributed by atoms with Crippen LogP contribution in [0.3, 0.4) is 0 Å². The quantitative estimate of drug-likeness (QED) is 0.645. The van der Waals surface area contributed by atoms with Crippen molar-refractivity contribution in [3.63, 3.8) is 0 Å². The number of nitrogens with one attached hydrogen (secondary N) is 1. The topological polar surface area (TPSA) is 87.4 Å². The van der Waals surface area contributed by atoms with Crippen LogP contribution in [0.2, 0.25) is 0 Å². The van der Waals surface area contributed by atoms with E-state index in [-0.39, 0.29) is 5.91 Å². The number of rotatable bonds is 3. The minimum atomic E-state index is 0.0983. The Bertz CT molecular complexity index is 685. The Balaban J connectivity index is 2.07. The van der Waals surface area contributed by atoms with E-state index in [9.17, 15) is 4.79 Å². The fourth-order valence-electron chi connectivity index (χ4n) is 2.38. The predicted molar refractivity (Wildman–Crippen MR) is 84.5 cm³/mol. The number of nitrogen functional groups attached to an aromatic ring is 1. The fourth-order valence-corrected chi connectivity index (χ4v) is 3.34. The van der Waals surface area contributed by atoms with Crippen LogP contribution in [-0.2, 0) is 11.2 Å². The standard InChI is InChI=1S/C13H18N6OS/c1-3-8-6-9-11(15-13(17-14)16-12(9)21-8)19-5-4-18(2)10(20)7-19/h6H,3-5,7,14H2,1-2H3,(H,15,16,17). The van der Waals surface area contributed by atoms with E-state index in [1.165, 1.54) is 4.88 Å². The molecular formula is C13H18N6OS. The molecule has 3 N–H and O–H groups in total. The maximum atomic E-state index is 11.9. The Labute approximate surface area is 126 Å². The van der Waals surface area contributed by atoms with E-state index in [1.54, 1.807) is 16.2 Å². The molecule has 1 aliphatic rings. The van der Waals surface area contributed by atoms with Crippen LogP contribution in [-0.4, -0.2) is 47.5 Å². The Hall–Kier alpha value is -1.93. The molecular weight excluding hydrogens is 288 g/mol. The number of hydrazine groups is 1. The molecule has 0 saturated carbocycles. The predicted octanol–water partition coefficient (Wildman–Crippen LogP) is 0.818. The van der Waals surface area contributed by atoms with Crippen LogP contribution in [0.4, 0.5) is 11.8 Å². The summed E-state index contributed by atoms with van der Waals surface area (Å²) < 4.78 is 0. The highest BCUT2D eigenvalue weighted by atomic mass is 32.1. The highest BCUT2D eigenvalue weighted by molar-refractivity contribution is 7.18. The van der Waals surface area contributed by atoms with Gasteiger partial charge in [0.05, 0.1) is 11.9 Å². The molecule has 3 heterocycles. The molecule has 1 amide bonds. The Morgan fingerprint density at radius 1 is 1.43 bits per heavy atom. The van der Waals surface area contributed by atoms with E-state index in [1.807, 2.05) is 11.9 Å². The van der Waals surface area contributed by atoms with Gasteiger partial charge in [-0.1, -0.05) is 6.92 Å². The lowest BCUT2D eigenvalue weighted by atomic mass is 10.2. The summed E-state index contributed by atoms with van der Waals surface area (Å²) in [5.41, 5.74) is 2.51. The summed E-state index contributed by atoms with van der Waals surface area (Å²) >= 11 is 1.64. The number of nitrogens with zero attached hydrogens (tertiary/aromatic N) is 4. The number of nitrogens with two attached hydrogens (primary N) is 1. The second kappa shape index (κ2) is 5.45. The third-order valence-corrected chi connectivity index (χ3v) is 4.83. The van der Waals surface area contributed by atoms with Crippen LogP contribution in [0.25, 0.3) is 10.2 Å². The van der Waals surface area contributed by atoms with Gasteiger partial charge in [-0.05, 0) is 12.5 Å². The Kier molecular flexibility index (Phi) is 3.64. The highest BCUT2D eigenvalue weighted by Gasteiger charge is 2.24. The van der Waals surface area contributed by atoms with Crippen molar-refractivity contribution in [3.05, 3.63) is 10.9 Å². The van der Waals surface area contributed by atoms with Gasteiger partial charge in [0.25, 0.3) is 0 Å². The number of aryl methyl sites for hydroxylation is 1. The monoisotopic (exact) mass is 306 g/mol. The van der Waals surface area contributed by atoms with Gasteiger partial charge in [0, 0.05) is 25.0 Å². The van der Waals surface area contributed by atoms with Crippen molar-refractivity contribution in [1.29, 1.82) is 0 Å². The summed E-state index contributed by atoms with van der Waals surface area (Å²) in [6, 6.07) is 2.11. The third kappa shape index (κ3) is 2.52. The number of piperazine rings is 1. The first-order valence-corrected chi connectivity index (χ1v) is 7.70. The Morgan fingerprint density at radius 3 is 2.90 bits per heavy atom. The fraction of sp³-hybridized carbons (Fsp3) is 0.462. The lowest BCUT2D eigenvalue weighted by Crippen LogP contribution is -2.49. The van der Waals surface area contributed by atoms with Crippen molar-refractivity contribution >= 4 is 39.2 Å². The molecule has 112 valence electrons. The van der Waals surface area contributed by atoms with E-state index in [0.717, 1.165) is 29.0 Å². The zero-order chi connectivity index (χ0) is 15.0. The van der Waals surface area contributed by atoms with E-state index in [2.05, 4.69) is 28.4 Å². The summed E-state index contributed by atoms with van der Waals surface area (Å²) in [5.74, 6) is 6.73. The lowest BCUT2D eigenvalue weighted by molar-refractivity contribution is -0.129. The number of amides is 1. The van der Waals surface area contributed by atoms with Gasteiger partial charge < -0.3 is 9.80 Å². The van der Waals surface area contributed by atoms with Gasteiger partial charge in [0.15, 0.2) is 0 Å². The molecule has 2 aromatic rings. The van der Waals surface area contributed by atoms with Gasteiger partial charge in [-0.2, -0.15) is 4.98 Å². The molecule has 0 radical (unpaired) electrons. The number of likely N-dealkylation sites (N-methyl/N-ethyl adjacent to an activating group) is 1. The van der Waals surface area contributed by atoms with Gasteiger partial charge in [-0.15, -0.1) is 11.3 Å². The van der Waals surface area contributed by atoms with Crippen molar-refractivity contribution in [2.75, 3.05) is 37.0 Å². The summed E-state index contributed by atoms with van der Waals surface area (Å²) in [6.07, 6.45) is 0.952. The highest BCUT2D eigenvalue weighted by Crippen LogP contribution is 2.32. The van der Waals surface area contributed by atoms with Crippen molar-refractivity contribution in [1.82, 2.24) is 14.9 Å². The summed E-state index contributed by atoms with van der Waals surface area (Å²) in [6.45, 7) is 3.90. The minimum absolute atomic E-state index is 0.0983. The largest absolute Gasteiger partial charge is 0.345 e. The van der Waals surface area contributed by atoms with Crippen molar-refractivity contribution in [2.24, 2.45) is 5.84 Å². The first kappa shape index (κ1) is 14.0. The Morgan fingerprint density at radius 2 is 2.24 bits per heavy atom. The molecule has 0 bridgehead atoms. The molecule has 21 heavy (non-hydrogen) atoms. The third-order valence-electron chi connectivity index (χ3n) is 3.66. The summed E-state index contributed by atoms with van der Waals surface area (Å²) in [7, 11) is 1.82. The number of carbonyl (C=O) groups is 1. The minimum Gasteiger partial charge on any atom is -0.345 e. The molecule has 2 aromatic heterocycles. The number of anilines is 2. The molecule has 0 aliphatic carbocycles. The van der Waals surface area contributed by atoms with Crippen LogP contribution in [0.5, 0.6) is 0 Å². The zero-order valence-electron chi connectivity index (χ0n) is 12.1. The maximum absolute atomic E-state index is 11.9. The van der Waals surface area contributed by atoms with Gasteiger partial charge >= 0.3 is 0 Å². The van der Waals surface area contributed by atoms with Crippen molar-refractivity contribution in [2.45, 2.75) is 13.3 Å². The van der Waals surface area contributed by atoms with Crippen molar-refractivity contribution < 1.29 is 4.79 Å². The second-order valence-electron chi connectivity index (χ2n) is 5.04. The average molecular weight is 306 g/mol. The molecule has 1 aliphatic heterocycles. The first-order chi connectivity index (χ1) is 10.1. The molecule has 8 heteroatoms. The molecule has 0 aromatic carbocycles. The van der Waals surface area contributed by atoms with Gasteiger partial charge in [-0.3, -0.25) is 10.2 Å². The average Bonchev–Trinajstić information content (AvgIpc) is 2.92. The summed E-state index contributed by atoms with van der Waals surface area (Å²) in [4.78, 5) is 26.7. The van der Waals surface area contributed by atoms with Crippen LogP contribution in [0, 0.1) is 0 Å². The number of hydrogen-bond acceptors (Lipinski definition) is 7. The molecule has 1 fully saturated rings. The smallest absolute Gasteiger partial charge is 0.241 e. The number of hydrogen-bond donors (Lipinski definition) is 2. The second-order valence-corrected chi connectivity index (χ2v) is 6.15. The lowest BCUT2D eigenvalue weighted by Gasteiger charge is -2.33. The number of carbonyl (C=O) groups excluding carboxylic acids is 1. The van der Waals surface area contributed by atoms with Crippen LogP contribution < -0.4 is 16.2 Å². The molecule has 7 nitrogen and oxygen atoms in total. The molecule has 3 rings (SSSR count). The number of thiophene rings is 1. The molecule has 0 atom stereocenters. The molecule has 0 unspecified atom stereocenters. The van der Waals surface area contributed by atoms with E-state index in [0.29, 0.717) is 19.0 Å². The molecule has 0 spiro atoms. The summed E-state index contributed by atoms with van der Waals surface area (Å²) in [5, 5.41) is 0.994. The van der Waals surface area contributed by atoms with Crippen LogP contribution in [0.15, 0.2) is 6.07 Å². The van der Waals surface area contributed by atoms with E-state index in [4.69, 9.17) is 5.84 Å². The van der Waals surface area contributed by atoms with E-state index < -0.39 is 0 Å². The van der Waals surface area contributed by atoms with Crippen LogP contribution >= 0.6 is 11.3 Å². The van der Waals surface area contributed by atoms with Gasteiger partial charge in [0.2, 0.25) is 11.9 Å². The normalized spacial score (nSPS) is 15.9. The van der Waals surface area contributed by atoms with Gasteiger partial charge in [0.1, 0.15) is 10.6 Å². The SMILES string of the molecule is CCc1cc2c(N3CCN(C)C(=O)C3)nc(NN)nc2s1. The first-order valence-electron chi connectivity index (χ1n) is 6.88. The van der Waals surface area contributed by atoms with Gasteiger partial charge in [-0.25, -0.2) is 10.8 Å². The zero-order valence-corrected chi connectivity index (χ0v) is 12.9. The van der Waals surface area contributed by atoms with Crippen LogP contribution in [0.1, 0.15) is 11.8 Å². The maximum Gasteiger partial charge on any atom is 0.241 e. The number of fused-ring (bicyclic) bond motifs is 1. The molecule has 1 saturated heterocycles. The van der Waals surface area contributed by atoms with E-state index >= 15 is 0 Å². The van der Waals surface area contributed by atoms with Crippen molar-refractivity contribution in [3.8, 4) is 0 Å². The number of aromatic nitrogens is 2.